The van der Waals surface area contributed by atoms with Crippen LogP contribution in [0.2, 0.25) is 0 Å². The maximum atomic E-state index is 3.62. The zero-order chi connectivity index (χ0) is 16.7. The highest BCUT2D eigenvalue weighted by Crippen LogP contribution is 2.24. The van der Waals surface area contributed by atoms with Gasteiger partial charge in [-0.3, -0.25) is 0 Å². The first-order chi connectivity index (χ1) is 11.2. The van der Waals surface area contributed by atoms with E-state index in [-0.39, 0.29) is 0 Å². The number of aryl methyl sites for hydroxylation is 4. The summed E-state index contributed by atoms with van der Waals surface area (Å²) in [5.74, 6) is 0. The summed E-state index contributed by atoms with van der Waals surface area (Å²) in [6.07, 6.45) is 4.23. The van der Waals surface area contributed by atoms with Crippen molar-refractivity contribution in [2.24, 2.45) is 0 Å². The molecule has 23 heavy (non-hydrogen) atoms. The van der Waals surface area contributed by atoms with E-state index in [9.17, 15) is 0 Å². The molecule has 0 radical (unpaired) electrons. The van der Waals surface area contributed by atoms with Gasteiger partial charge in [-0.05, 0) is 47.9 Å². The first kappa shape index (κ1) is 17.4. The first-order valence-electron chi connectivity index (χ1n) is 8.94. The van der Waals surface area contributed by atoms with Crippen molar-refractivity contribution in [3.05, 3.63) is 58.7 Å². The minimum atomic E-state index is 0.758. The molecule has 2 aromatic carbocycles. The van der Waals surface area contributed by atoms with E-state index < -0.39 is 0 Å². The van der Waals surface area contributed by atoms with E-state index in [0.717, 1.165) is 32.4 Å². The zero-order valence-electron chi connectivity index (χ0n) is 15.0. The molecule has 0 aliphatic heterocycles. The Labute approximate surface area is 141 Å². The molecular formula is C21H30N2. The number of rotatable bonds is 8. The van der Waals surface area contributed by atoms with Crippen molar-refractivity contribution in [3.63, 3.8) is 0 Å². The Morgan fingerprint density at radius 3 is 1.13 bits per heavy atom. The molecule has 0 fully saturated rings. The summed E-state index contributed by atoms with van der Waals surface area (Å²) in [6, 6.07) is 13.2. The fourth-order valence-corrected chi connectivity index (χ4v) is 3.16. The van der Waals surface area contributed by atoms with Crippen LogP contribution in [0.5, 0.6) is 0 Å². The van der Waals surface area contributed by atoms with Crippen LogP contribution >= 0.6 is 0 Å². The van der Waals surface area contributed by atoms with Gasteiger partial charge in [0, 0.05) is 11.4 Å². The Bertz CT molecular complexity index is 532. The number of benzene rings is 2. The van der Waals surface area contributed by atoms with Crippen LogP contribution in [0.25, 0.3) is 0 Å². The van der Waals surface area contributed by atoms with Crippen molar-refractivity contribution in [2.75, 3.05) is 17.3 Å². The highest BCUT2D eigenvalue weighted by atomic mass is 15.1. The Morgan fingerprint density at radius 2 is 0.870 bits per heavy atom. The third kappa shape index (κ3) is 4.07. The lowest BCUT2D eigenvalue weighted by Gasteiger charge is -2.19. The molecule has 0 unspecified atom stereocenters. The molecule has 0 atom stereocenters. The molecule has 2 rings (SSSR count). The second-order valence-corrected chi connectivity index (χ2v) is 5.85. The Morgan fingerprint density at radius 1 is 0.565 bits per heavy atom. The van der Waals surface area contributed by atoms with Gasteiger partial charge in [-0.15, -0.1) is 0 Å². The standard InChI is InChI=1S/C21H30N2/c1-5-16-11-9-12-17(6-2)20(16)22-15-23-21-18(7-3)13-10-14-19(21)8-4/h9-14,22-23H,5-8,15H2,1-4H3. The molecular weight excluding hydrogens is 280 g/mol. The summed E-state index contributed by atoms with van der Waals surface area (Å²) in [5, 5.41) is 7.25. The van der Waals surface area contributed by atoms with Crippen molar-refractivity contribution in [2.45, 2.75) is 53.4 Å². The van der Waals surface area contributed by atoms with E-state index in [4.69, 9.17) is 0 Å². The van der Waals surface area contributed by atoms with Gasteiger partial charge in [-0.2, -0.15) is 0 Å². The summed E-state index contributed by atoms with van der Waals surface area (Å²) >= 11 is 0. The molecule has 2 N–H and O–H groups in total. The van der Waals surface area contributed by atoms with E-state index in [2.05, 4.69) is 74.7 Å². The van der Waals surface area contributed by atoms with Gasteiger partial charge in [0.05, 0.1) is 6.67 Å². The molecule has 0 saturated carbocycles. The number of para-hydroxylation sites is 2. The lowest BCUT2D eigenvalue weighted by Crippen LogP contribution is -2.16. The summed E-state index contributed by atoms with van der Waals surface area (Å²) in [5.41, 5.74) is 8.18. The maximum absolute atomic E-state index is 3.62. The molecule has 0 aromatic heterocycles. The largest absolute Gasteiger partial charge is 0.367 e. The SMILES string of the molecule is CCc1cccc(CC)c1NCNc1c(CC)cccc1CC. The molecule has 2 heteroatoms. The highest BCUT2D eigenvalue weighted by Gasteiger charge is 2.08. The maximum Gasteiger partial charge on any atom is 0.0849 e. The van der Waals surface area contributed by atoms with Crippen LogP contribution in [0, 0.1) is 0 Å². The number of nitrogens with one attached hydrogen (secondary N) is 2. The molecule has 0 saturated heterocycles. The molecule has 0 aliphatic carbocycles. The van der Waals surface area contributed by atoms with Crippen LogP contribution in [0.15, 0.2) is 36.4 Å². The fraction of sp³-hybridized carbons (Fsp3) is 0.429. The summed E-state index contributed by atoms with van der Waals surface area (Å²) in [4.78, 5) is 0. The molecule has 2 aromatic rings. The zero-order valence-corrected chi connectivity index (χ0v) is 15.0. The van der Waals surface area contributed by atoms with Gasteiger partial charge in [-0.1, -0.05) is 64.1 Å². The van der Waals surface area contributed by atoms with Crippen LogP contribution in [-0.2, 0) is 25.7 Å². The second kappa shape index (κ2) is 8.61. The van der Waals surface area contributed by atoms with Crippen LogP contribution < -0.4 is 10.6 Å². The van der Waals surface area contributed by atoms with E-state index in [1.807, 2.05) is 0 Å². The third-order valence-corrected chi connectivity index (χ3v) is 4.53. The van der Waals surface area contributed by atoms with Crippen LogP contribution in [0.3, 0.4) is 0 Å². The van der Waals surface area contributed by atoms with E-state index >= 15 is 0 Å². The third-order valence-electron chi connectivity index (χ3n) is 4.53. The van der Waals surface area contributed by atoms with Crippen molar-refractivity contribution >= 4 is 11.4 Å². The molecule has 0 bridgehead atoms. The van der Waals surface area contributed by atoms with Gasteiger partial charge < -0.3 is 10.6 Å². The predicted molar refractivity (Wildman–Crippen MR) is 103 cm³/mol. The van der Waals surface area contributed by atoms with E-state index in [0.29, 0.717) is 0 Å². The molecule has 124 valence electrons. The Balaban J connectivity index is 2.15. The van der Waals surface area contributed by atoms with Gasteiger partial charge in [0.1, 0.15) is 0 Å². The van der Waals surface area contributed by atoms with Crippen molar-refractivity contribution in [3.8, 4) is 0 Å². The van der Waals surface area contributed by atoms with Crippen LogP contribution in [0.4, 0.5) is 11.4 Å². The number of hydrogen-bond donors (Lipinski definition) is 2. The van der Waals surface area contributed by atoms with Crippen molar-refractivity contribution < 1.29 is 0 Å². The molecule has 0 aliphatic rings. The van der Waals surface area contributed by atoms with Crippen LogP contribution in [0.1, 0.15) is 49.9 Å². The minimum absolute atomic E-state index is 0.758. The van der Waals surface area contributed by atoms with Crippen LogP contribution in [-0.4, -0.2) is 6.67 Å². The first-order valence-corrected chi connectivity index (χ1v) is 8.94. The second-order valence-electron chi connectivity index (χ2n) is 5.85. The van der Waals surface area contributed by atoms with E-state index in [1.54, 1.807) is 0 Å². The Kier molecular flexibility index (Phi) is 6.52. The normalized spacial score (nSPS) is 10.6. The monoisotopic (exact) mass is 310 g/mol. The van der Waals surface area contributed by atoms with Crippen molar-refractivity contribution in [1.82, 2.24) is 0 Å². The average Bonchev–Trinajstić information content (AvgIpc) is 2.61. The lowest BCUT2D eigenvalue weighted by atomic mass is 10.0. The molecule has 0 heterocycles. The van der Waals surface area contributed by atoms with Gasteiger partial charge in [-0.25, -0.2) is 0 Å². The number of hydrogen-bond acceptors (Lipinski definition) is 2. The summed E-state index contributed by atoms with van der Waals surface area (Å²) < 4.78 is 0. The lowest BCUT2D eigenvalue weighted by molar-refractivity contribution is 1.04. The fourth-order valence-electron chi connectivity index (χ4n) is 3.16. The molecule has 0 amide bonds. The average molecular weight is 310 g/mol. The van der Waals surface area contributed by atoms with Crippen molar-refractivity contribution in [1.29, 1.82) is 0 Å². The van der Waals surface area contributed by atoms with Gasteiger partial charge in [0.2, 0.25) is 0 Å². The smallest absolute Gasteiger partial charge is 0.0849 e. The van der Waals surface area contributed by atoms with Gasteiger partial charge >= 0.3 is 0 Å². The molecule has 2 nitrogen and oxygen atoms in total. The highest BCUT2D eigenvalue weighted by molar-refractivity contribution is 5.61. The summed E-state index contributed by atoms with van der Waals surface area (Å²) in [6.45, 7) is 9.63. The van der Waals surface area contributed by atoms with E-state index in [1.165, 1.54) is 33.6 Å². The number of anilines is 2. The quantitative estimate of drug-likeness (QED) is 0.636. The summed E-state index contributed by atoms with van der Waals surface area (Å²) in [7, 11) is 0. The molecule has 0 spiro atoms. The topological polar surface area (TPSA) is 24.1 Å². The van der Waals surface area contributed by atoms with Gasteiger partial charge in [0.15, 0.2) is 0 Å². The minimum Gasteiger partial charge on any atom is -0.367 e. The van der Waals surface area contributed by atoms with Gasteiger partial charge in [0.25, 0.3) is 0 Å². The Hall–Kier alpha value is -1.96. The predicted octanol–water partition coefficient (Wildman–Crippen LogP) is 5.42.